The smallest absolute Gasteiger partial charge is 0.218 e. The number of pyridine rings is 1. The molecule has 1 aromatic rings. The number of aromatic nitrogens is 1. The Kier molecular flexibility index (Phi) is 3.78. The van der Waals surface area contributed by atoms with Crippen LogP contribution in [0.5, 0.6) is 5.88 Å². The summed E-state index contributed by atoms with van der Waals surface area (Å²) in [5.41, 5.74) is 6.88. The van der Waals surface area contributed by atoms with E-state index in [0.717, 1.165) is 12.2 Å². The first-order chi connectivity index (χ1) is 7.77. The lowest BCUT2D eigenvalue weighted by Gasteiger charge is -2.15. The molecule has 1 aliphatic carbocycles. The minimum Gasteiger partial charge on any atom is -0.477 e. The lowest BCUT2D eigenvalue weighted by atomic mass is 10.1. The van der Waals surface area contributed by atoms with E-state index in [1.54, 1.807) is 6.20 Å². The van der Waals surface area contributed by atoms with Gasteiger partial charge in [0.15, 0.2) is 0 Å². The van der Waals surface area contributed by atoms with Gasteiger partial charge >= 0.3 is 0 Å². The van der Waals surface area contributed by atoms with Gasteiger partial charge in [-0.3, -0.25) is 0 Å². The van der Waals surface area contributed by atoms with E-state index in [9.17, 15) is 0 Å². The van der Waals surface area contributed by atoms with Crippen LogP contribution in [0, 0.1) is 5.92 Å². The van der Waals surface area contributed by atoms with Crippen molar-refractivity contribution in [3.05, 3.63) is 23.9 Å². The second-order valence-electron chi connectivity index (χ2n) is 4.65. The van der Waals surface area contributed by atoms with Crippen LogP contribution >= 0.6 is 0 Å². The number of hydrogen-bond donors (Lipinski definition) is 1. The fourth-order valence-corrected chi connectivity index (χ4v) is 2.24. The third-order valence-electron chi connectivity index (χ3n) is 3.22. The Morgan fingerprint density at radius 1 is 1.50 bits per heavy atom. The molecule has 0 unspecified atom stereocenters. The monoisotopic (exact) mass is 220 g/mol. The van der Waals surface area contributed by atoms with E-state index < -0.39 is 0 Å². The van der Waals surface area contributed by atoms with Crippen LogP contribution in [0.2, 0.25) is 0 Å². The summed E-state index contributed by atoms with van der Waals surface area (Å²) in [5.74, 6) is 1.42. The van der Waals surface area contributed by atoms with Crippen LogP contribution in [0.15, 0.2) is 18.3 Å². The Balaban J connectivity index is 1.97. The van der Waals surface area contributed by atoms with Crippen molar-refractivity contribution >= 4 is 0 Å². The highest BCUT2D eigenvalue weighted by molar-refractivity contribution is 5.28. The topological polar surface area (TPSA) is 48.1 Å². The number of hydrogen-bond acceptors (Lipinski definition) is 3. The van der Waals surface area contributed by atoms with E-state index >= 15 is 0 Å². The quantitative estimate of drug-likeness (QED) is 0.848. The predicted octanol–water partition coefficient (Wildman–Crippen LogP) is 2.67. The van der Waals surface area contributed by atoms with Gasteiger partial charge in [0, 0.05) is 17.8 Å². The summed E-state index contributed by atoms with van der Waals surface area (Å²) >= 11 is 0. The summed E-state index contributed by atoms with van der Waals surface area (Å²) in [5, 5.41) is 0. The van der Waals surface area contributed by atoms with Gasteiger partial charge in [-0.15, -0.1) is 0 Å². The highest BCUT2D eigenvalue weighted by Crippen LogP contribution is 2.27. The SMILES string of the molecule is C[C@@H](N)c1cccnc1OCC1CCCC1. The minimum absolute atomic E-state index is 0.0210. The Morgan fingerprint density at radius 3 is 2.94 bits per heavy atom. The second-order valence-corrected chi connectivity index (χ2v) is 4.65. The fourth-order valence-electron chi connectivity index (χ4n) is 2.24. The third kappa shape index (κ3) is 2.73. The van der Waals surface area contributed by atoms with Gasteiger partial charge in [-0.1, -0.05) is 18.9 Å². The first-order valence-corrected chi connectivity index (χ1v) is 6.10. The first-order valence-electron chi connectivity index (χ1n) is 6.10. The van der Waals surface area contributed by atoms with Crippen LogP contribution in [0.1, 0.15) is 44.2 Å². The number of rotatable bonds is 4. The molecule has 0 bridgehead atoms. The Morgan fingerprint density at radius 2 is 2.25 bits per heavy atom. The van der Waals surface area contributed by atoms with Crippen molar-refractivity contribution in [2.24, 2.45) is 11.7 Å². The van der Waals surface area contributed by atoms with E-state index in [4.69, 9.17) is 10.5 Å². The van der Waals surface area contributed by atoms with Gasteiger partial charge in [0.2, 0.25) is 5.88 Å². The van der Waals surface area contributed by atoms with Crippen molar-refractivity contribution in [3.63, 3.8) is 0 Å². The van der Waals surface area contributed by atoms with Gasteiger partial charge in [-0.05, 0) is 31.7 Å². The minimum atomic E-state index is -0.0210. The van der Waals surface area contributed by atoms with E-state index in [2.05, 4.69) is 4.98 Å². The predicted molar refractivity (Wildman–Crippen MR) is 64.3 cm³/mol. The molecule has 0 aromatic carbocycles. The van der Waals surface area contributed by atoms with Crippen molar-refractivity contribution in [1.82, 2.24) is 4.98 Å². The maximum atomic E-state index is 5.88. The molecule has 1 saturated carbocycles. The zero-order valence-corrected chi connectivity index (χ0v) is 9.86. The maximum absolute atomic E-state index is 5.88. The van der Waals surface area contributed by atoms with Crippen LogP contribution in [0.4, 0.5) is 0 Å². The molecule has 0 amide bonds. The van der Waals surface area contributed by atoms with Crippen molar-refractivity contribution in [1.29, 1.82) is 0 Å². The molecule has 2 rings (SSSR count). The Labute approximate surface area is 97.0 Å². The molecular weight excluding hydrogens is 200 g/mol. The Bertz CT molecular complexity index is 332. The largest absolute Gasteiger partial charge is 0.477 e. The van der Waals surface area contributed by atoms with E-state index in [0.29, 0.717) is 11.8 Å². The highest BCUT2D eigenvalue weighted by Gasteiger charge is 2.17. The second kappa shape index (κ2) is 5.30. The van der Waals surface area contributed by atoms with Crippen LogP contribution < -0.4 is 10.5 Å². The van der Waals surface area contributed by atoms with Crippen molar-refractivity contribution in [2.45, 2.75) is 38.6 Å². The van der Waals surface area contributed by atoms with Crippen LogP contribution in [0.25, 0.3) is 0 Å². The molecule has 1 aromatic heterocycles. The summed E-state index contributed by atoms with van der Waals surface area (Å²) < 4.78 is 5.79. The summed E-state index contributed by atoms with van der Waals surface area (Å²) in [4.78, 5) is 4.26. The molecule has 3 nitrogen and oxygen atoms in total. The standard InChI is InChI=1S/C13H20N2O/c1-10(14)12-7-4-8-15-13(12)16-9-11-5-2-3-6-11/h4,7-8,10-11H,2-3,5-6,9,14H2,1H3/t10-/m1/s1. The van der Waals surface area contributed by atoms with Gasteiger partial charge in [-0.2, -0.15) is 0 Å². The van der Waals surface area contributed by atoms with Gasteiger partial charge in [-0.25, -0.2) is 4.98 Å². The van der Waals surface area contributed by atoms with E-state index in [-0.39, 0.29) is 6.04 Å². The van der Waals surface area contributed by atoms with Gasteiger partial charge in [0.25, 0.3) is 0 Å². The molecular formula is C13H20N2O. The van der Waals surface area contributed by atoms with Crippen molar-refractivity contribution in [3.8, 4) is 5.88 Å². The Hall–Kier alpha value is -1.09. The fraction of sp³-hybridized carbons (Fsp3) is 0.615. The van der Waals surface area contributed by atoms with Crippen molar-refractivity contribution in [2.75, 3.05) is 6.61 Å². The lowest BCUT2D eigenvalue weighted by molar-refractivity contribution is 0.240. The molecule has 1 atom stereocenters. The summed E-state index contributed by atoms with van der Waals surface area (Å²) in [6.07, 6.45) is 7.03. The zero-order valence-electron chi connectivity index (χ0n) is 9.86. The lowest BCUT2D eigenvalue weighted by Crippen LogP contribution is -2.13. The molecule has 16 heavy (non-hydrogen) atoms. The molecule has 0 saturated heterocycles. The summed E-state index contributed by atoms with van der Waals surface area (Å²) in [6, 6.07) is 3.87. The zero-order chi connectivity index (χ0) is 11.4. The molecule has 88 valence electrons. The molecule has 0 radical (unpaired) electrons. The average Bonchev–Trinajstić information content (AvgIpc) is 2.79. The van der Waals surface area contributed by atoms with Crippen LogP contribution in [0.3, 0.4) is 0 Å². The third-order valence-corrected chi connectivity index (χ3v) is 3.22. The molecule has 0 aliphatic heterocycles. The van der Waals surface area contributed by atoms with Gasteiger partial charge in [0.05, 0.1) is 6.61 Å². The number of ether oxygens (including phenoxy) is 1. The molecule has 2 N–H and O–H groups in total. The molecule has 1 fully saturated rings. The maximum Gasteiger partial charge on any atom is 0.218 e. The van der Waals surface area contributed by atoms with Crippen LogP contribution in [-0.2, 0) is 0 Å². The first kappa shape index (κ1) is 11.4. The number of nitrogens with two attached hydrogens (primary N) is 1. The number of nitrogens with zero attached hydrogens (tertiary/aromatic N) is 1. The normalized spacial score (nSPS) is 18.6. The molecule has 1 aliphatic rings. The summed E-state index contributed by atoms with van der Waals surface area (Å²) in [7, 11) is 0. The highest BCUT2D eigenvalue weighted by atomic mass is 16.5. The van der Waals surface area contributed by atoms with Gasteiger partial charge < -0.3 is 10.5 Å². The molecule has 3 heteroatoms. The average molecular weight is 220 g/mol. The van der Waals surface area contributed by atoms with E-state index in [1.807, 2.05) is 19.1 Å². The van der Waals surface area contributed by atoms with Gasteiger partial charge in [0.1, 0.15) is 0 Å². The molecule has 1 heterocycles. The summed E-state index contributed by atoms with van der Waals surface area (Å²) in [6.45, 7) is 2.75. The van der Waals surface area contributed by atoms with Crippen molar-refractivity contribution < 1.29 is 4.74 Å². The van der Waals surface area contributed by atoms with Crippen LogP contribution in [-0.4, -0.2) is 11.6 Å². The molecule has 0 spiro atoms. The van der Waals surface area contributed by atoms with E-state index in [1.165, 1.54) is 25.7 Å².